The Morgan fingerprint density at radius 1 is 0.879 bits per heavy atom. The van der Waals surface area contributed by atoms with Crippen LogP contribution in [0.15, 0.2) is 72.4 Å². The monoisotopic (exact) mass is 433 g/mol. The number of imide groups is 1. The van der Waals surface area contributed by atoms with Crippen LogP contribution in [0.25, 0.3) is 5.57 Å². The van der Waals surface area contributed by atoms with Gasteiger partial charge in [-0.15, -0.1) is 0 Å². The van der Waals surface area contributed by atoms with Gasteiger partial charge in [0.15, 0.2) is 0 Å². The number of nitrogens with zero attached hydrogens (tertiary/aromatic N) is 3. The number of hydrogen-bond donors (Lipinski definition) is 0. The predicted molar refractivity (Wildman–Crippen MR) is 129 cm³/mol. The topological polar surface area (TPSA) is 64.4 Å². The van der Waals surface area contributed by atoms with Gasteiger partial charge in [-0.1, -0.05) is 36.4 Å². The summed E-state index contributed by atoms with van der Waals surface area (Å²) >= 11 is 0. The van der Waals surface area contributed by atoms with Crippen LogP contribution in [0.5, 0.6) is 0 Å². The highest BCUT2D eigenvalue weighted by molar-refractivity contribution is 6.46. The quantitative estimate of drug-likeness (QED) is 0.551. The molecule has 0 atom stereocenters. The zero-order chi connectivity index (χ0) is 23.1. The highest BCUT2D eigenvalue weighted by atomic mass is 16.2. The third kappa shape index (κ3) is 3.41. The third-order valence-electron chi connectivity index (χ3n) is 6.49. The molecule has 0 aliphatic carbocycles. The normalized spacial score (nSPS) is 15.7. The molecule has 0 fully saturated rings. The van der Waals surface area contributed by atoms with Gasteiger partial charge in [0.25, 0.3) is 11.8 Å². The van der Waals surface area contributed by atoms with E-state index in [0.717, 1.165) is 35.2 Å². The van der Waals surface area contributed by atoms with Gasteiger partial charge in [0.1, 0.15) is 5.70 Å². The van der Waals surface area contributed by atoms with Gasteiger partial charge in [-0.05, 0) is 79.3 Å². The third-order valence-corrected chi connectivity index (χ3v) is 6.49. The Kier molecular flexibility index (Phi) is 5.07. The highest BCUT2D eigenvalue weighted by Crippen LogP contribution is 2.39. The Morgan fingerprint density at radius 3 is 2.36 bits per heavy atom. The van der Waals surface area contributed by atoms with Crippen molar-refractivity contribution >= 4 is 28.8 Å². The summed E-state index contributed by atoms with van der Waals surface area (Å²) in [5, 5.41) is 9.13. The second-order valence-electron chi connectivity index (χ2n) is 8.51. The summed E-state index contributed by atoms with van der Waals surface area (Å²) in [6.07, 6.45) is 1.85. The number of fused-ring (bicyclic) bond motifs is 1. The van der Waals surface area contributed by atoms with Crippen molar-refractivity contribution in [1.82, 2.24) is 0 Å². The Labute approximate surface area is 193 Å². The van der Waals surface area contributed by atoms with Crippen LogP contribution in [0.3, 0.4) is 0 Å². The molecule has 0 saturated heterocycles. The van der Waals surface area contributed by atoms with Crippen molar-refractivity contribution in [3.8, 4) is 6.07 Å². The van der Waals surface area contributed by atoms with Gasteiger partial charge >= 0.3 is 0 Å². The van der Waals surface area contributed by atoms with Crippen LogP contribution in [0.2, 0.25) is 0 Å². The van der Waals surface area contributed by atoms with E-state index in [-0.39, 0.29) is 11.8 Å². The molecule has 0 spiro atoms. The van der Waals surface area contributed by atoms with Crippen molar-refractivity contribution in [3.63, 3.8) is 0 Å². The molecule has 0 N–H and O–H groups in total. The number of aryl methyl sites for hydroxylation is 3. The summed E-state index contributed by atoms with van der Waals surface area (Å²) in [5.41, 5.74) is 6.86. The van der Waals surface area contributed by atoms with Crippen LogP contribution in [0.1, 0.15) is 34.2 Å². The molecule has 0 aromatic heterocycles. The summed E-state index contributed by atoms with van der Waals surface area (Å²) in [4.78, 5) is 30.9. The molecule has 0 saturated carbocycles. The minimum Gasteiger partial charge on any atom is -0.336 e. The SMILES string of the molecule is Cc1ccc(C2=C(N3CCCc4ccccc43)C(=O)N(c3ccc(C#N)cc3)C2=O)cc1C. The first kappa shape index (κ1) is 20.7. The Hall–Kier alpha value is -4.17. The minimum atomic E-state index is -0.342. The smallest absolute Gasteiger partial charge is 0.282 e. The second-order valence-corrected chi connectivity index (χ2v) is 8.51. The van der Waals surface area contributed by atoms with Crippen LogP contribution in [-0.2, 0) is 16.0 Å². The van der Waals surface area contributed by atoms with Crippen LogP contribution in [0.4, 0.5) is 11.4 Å². The molecule has 2 aliphatic rings. The van der Waals surface area contributed by atoms with Gasteiger partial charge in [0.2, 0.25) is 0 Å². The zero-order valence-electron chi connectivity index (χ0n) is 18.6. The fourth-order valence-electron chi connectivity index (χ4n) is 4.61. The molecule has 33 heavy (non-hydrogen) atoms. The average molecular weight is 434 g/mol. The summed E-state index contributed by atoms with van der Waals surface area (Å²) in [6, 6.07) is 22.6. The predicted octanol–water partition coefficient (Wildman–Crippen LogP) is 4.91. The van der Waals surface area contributed by atoms with Gasteiger partial charge in [-0.3, -0.25) is 9.59 Å². The van der Waals surface area contributed by atoms with Gasteiger partial charge in [0.05, 0.1) is 22.9 Å². The van der Waals surface area contributed by atoms with E-state index in [2.05, 4.69) is 12.1 Å². The fraction of sp³-hybridized carbons (Fsp3) is 0.179. The van der Waals surface area contributed by atoms with Crippen molar-refractivity contribution < 1.29 is 9.59 Å². The lowest BCUT2D eigenvalue weighted by Crippen LogP contribution is -2.37. The molecule has 5 rings (SSSR count). The van der Waals surface area contributed by atoms with Crippen molar-refractivity contribution in [1.29, 1.82) is 5.26 Å². The minimum absolute atomic E-state index is 0.338. The number of amides is 2. The first-order valence-electron chi connectivity index (χ1n) is 11.1. The van der Waals surface area contributed by atoms with Crippen LogP contribution < -0.4 is 9.80 Å². The van der Waals surface area contributed by atoms with E-state index in [1.165, 1.54) is 10.5 Å². The molecule has 162 valence electrons. The number of nitriles is 1. The number of rotatable bonds is 3. The zero-order valence-corrected chi connectivity index (χ0v) is 18.6. The lowest BCUT2D eigenvalue weighted by Gasteiger charge is -2.32. The maximum atomic E-state index is 13.9. The van der Waals surface area contributed by atoms with Crippen molar-refractivity contribution in [2.24, 2.45) is 0 Å². The summed E-state index contributed by atoms with van der Waals surface area (Å²) < 4.78 is 0. The van der Waals surface area contributed by atoms with E-state index in [0.29, 0.717) is 29.1 Å². The van der Waals surface area contributed by atoms with E-state index < -0.39 is 0 Å². The first-order valence-corrected chi connectivity index (χ1v) is 11.1. The maximum Gasteiger partial charge on any atom is 0.282 e. The van der Waals surface area contributed by atoms with E-state index in [9.17, 15) is 9.59 Å². The molecule has 0 radical (unpaired) electrons. The van der Waals surface area contributed by atoms with Gasteiger partial charge in [0, 0.05) is 12.2 Å². The van der Waals surface area contributed by atoms with E-state index >= 15 is 0 Å². The standard InChI is InChI=1S/C28H23N3O2/c1-18-9-12-22(16-19(18)2)25-26(30-15-5-7-21-6-3-4-8-24(21)30)28(33)31(27(25)32)23-13-10-20(17-29)11-14-23/h3-4,6,8-14,16H,5,7,15H2,1-2H3. The fourth-order valence-corrected chi connectivity index (χ4v) is 4.61. The Bertz CT molecular complexity index is 1360. The molecule has 2 amide bonds. The maximum absolute atomic E-state index is 13.9. The van der Waals surface area contributed by atoms with Crippen molar-refractivity contribution in [2.45, 2.75) is 26.7 Å². The Balaban J connectivity index is 1.70. The first-order chi connectivity index (χ1) is 16.0. The Morgan fingerprint density at radius 2 is 1.64 bits per heavy atom. The highest BCUT2D eigenvalue weighted by Gasteiger charge is 2.43. The molecule has 0 unspecified atom stereocenters. The summed E-state index contributed by atoms with van der Waals surface area (Å²) in [6.45, 7) is 4.70. The molecular weight excluding hydrogens is 410 g/mol. The van der Waals surface area contributed by atoms with E-state index in [4.69, 9.17) is 5.26 Å². The molecular formula is C28H23N3O2. The molecule has 3 aromatic carbocycles. The van der Waals surface area contributed by atoms with Gasteiger partial charge in [-0.25, -0.2) is 4.90 Å². The van der Waals surface area contributed by atoms with Gasteiger partial charge < -0.3 is 4.90 Å². The molecule has 5 heteroatoms. The molecule has 3 aromatic rings. The number of hydrogen-bond acceptors (Lipinski definition) is 4. The second kappa shape index (κ2) is 8.07. The number of benzene rings is 3. The number of carbonyl (C=O) groups excluding carboxylic acids is 2. The number of anilines is 2. The van der Waals surface area contributed by atoms with E-state index in [1.807, 2.05) is 55.1 Å². The number of carbonyl (C=O) groups is 2. The van der Waals surface area contributed by atoms with Crippen molar-refractivity contribution in [3.05, 3.63) is 100 Å². The van der Waals surface area contributed by atoms with Crippen LogP contribution in [0, 0.1) is 25.2 Å². The summed E-state index contributed by atoms with van der Waals surface area (Å²) in [7, 11) is 0. The lowest BCUT2D eigenvalue weighted by atomic mass is 9.97. The largest absolute Gasteiger partial charge is 0.336 e. The van der Waals surface area contributed by atoms with E-state index in [1.54, 1.807) is 24.3 Å². The number of para-hydroxylation sites is 1. The van der Waals surface area contributed by atoms with Crippen molar-refractivity contribution in [2.75, 3.05) is 16.3 Å². The molecule has 5 nitrogen and oxygen atoms in total. The molecule has 2 heterocycles. The molecule has 0 bridgehead atoms. The molecule has 2 aliphatic heterocycles. The summed E-state index contributed by atoms with van der Waals surface area (Å²) in [5.74, 6) is -0.680. The van der Waals surface area contributed by atoms with Crippen LogP contribution in [-0.4, -0.2) is 18.4 Å². The lowest BCUT2D eigenvalue weighted by molar-refractivity contribution is -0.120. The average Bonchev–Trinajstić information content (AvgIpc) is 3.10. The van der Waals surface area contributed by atoms with Gasteiger partial charge in [-0.2, -0.15) is 5.26 Å². The van der Waals surface area contributed by atoms with Crippen LogP contribution >= 0.6 is 0 Å².